The molecular weight excluding hydrogens is 1110 g/mol. The number of rotatable bonds is 12. The summed E-state index contributed by atoms with van der Waals surface area (Å²) in [7, 11) is 7.33. The molecule has 0 radical (unpaired) electrons. The highest BCUT2D eigenvalue weighted by molar-refractivity contribution is 6.10. The van der Waals surface area contributed by atoms with Gasteiger partial charge in [-0.3, -0.25) is 15.0 Å². The van der Waals surface area contributed by atoms with Crippen molar-refractivity contribution in [1.82, 2.24) is 63.1 Å². The van der Waals surface area contributed by atoms with E-state index in [2.05, 4.69) is 87.0 Å². The van der Waals surface area contributed by atoms with Gasteiger partial charge < -0.3 is 18.3 Å². The summed E-state index contributed by atoms with van der Waals surface area (Å²) in [5.41, 5.74) is 21.7. The van der Waals surface area contributed by atoms with Crippen LogP contribution in [-0.4, -0.2) is 86.0 Å². The number of halogens is 5. The zero-order chi connectivity index (χ0) is 60.9. The second-order valence-electron chi connectivity index (χ2n) is 18.5. The summed E-state index contributed by atoms with van der Waals surface area (Å²) < 4.78 is 72.5. The van der Waals surface area contributed by atoms with Crippen molar-refractivity contribution in [3.05, 3.63) is 210 Å². The van der Waals surface area contributed by atoms with Crippen LogP contribution in [0.5, 0.6) is 0 Å². The average Bonchev–Trinajstić information content (AvgIpc) is 4.42. The number of nitrogens with one attached hydrogen (secondary N) is 4. The molecule has 0 unspecified atom stereocenters. The van der Waals surface area contributed by atoms with Crippen LogP contribution >= 0.6 is 0 Å². The van der Waals surface area contributed by atoms with E-state index in [0.717, 1.165) is 39.5 Å². The third-order valence-electron chi connectivity index (χ3n) is 12.7. The molecule has 0 aliphatic carbocycles. The van der Waals surface area contributed by atoms with Crippen LogP contribution in [0, 0.1) is 40.4 Å². The lowest BCUT2D eigenvalue weighted by molar-refractivity contribution is 0.620. The van der Waals surface area contributed by atoms with Gasteiger partial charge in [0.1, 0.15) is 47.2 Å². The Morgan fingerprint density at radius 3 is 1.19 bits per heavy atom. The van der Waals surface area contributed by atoms with Gasteiger partial charge in [-0.05, 0) is 112 Å². The fourth-order valence-corrected chi connectivity index (χ4v) is 8.07. The summed E-state index contributed by atoms with van der Waals surface area (Å²) in [6.07, 6.45) is 7.00. The maximum Gasteiger partial charge on any atom is 0.224 e. The molecule has 27 heteroatoms. The lowest BCUT2D eigenvalue weighted by Crippen LogP contribution is -2.06. The average molecular weight is 1160 g/mol. The fraction of sp³-hybridized carbons (Fsp3) is 0.119. The summed E-state index contributed by atoms with van der Waals surface area (Å²) in [5.74, 6) is 0.275. The van der Waals surface area contributed by atoms with Crippen molar-refractivity contribution >= 4 is 90.8 Å². The van der Waals surface area contributed by atoms with Crippen molar-refractivity contribution in [2.45, 2.75) is 20.8 Å². The van der Waals surface area contributed by atoms with Gasteiger partial charge in [-0.25, -0.2) is 73.6 Å². The van der Waals surface area contributed by atoms with E-state index in [0.29, 0.717) is 74.6 Å². The summed E-state index contributed by atoms with van der Waals surface area (Å²) in [5, 5.41) is 25.9. The molecule has 0 spiro atoms. The standard InChI is InChI=1S/C15H13F2N5.C15H11FN6.C15H14FN5.C14H13FN6/c1-9(12-5-3-11(17)8-18-12)20-21-15-19-13-7-10(16)4-6-14(13)22(15)2;1-22-14-6-5-10(16)8-12(14)19-15(22)21-20-13(9-17)11-4-2-3-7-18-11;1-10(12-8-7-11(16)9-17-12)19-20-15-18-13-5-3-4-6-14(13)21(15)2;1-9(11-5-6-16-8-17-11)19-20-14-18-12-7-10(15)3-4-13(12)21(14)2/h3-8H,1-2H3,(H,19,21);2-8H,1H3,(H,19,21);3-9H,1-2H3,(H,18,20);3-8H,1-2H3,(H,18,20)/b20-9+;20-13+;19-10+;19-9+. The Balaban J connectivity index is 0.000000137. The fourth-order valence-electron chi connectivity index (χ4n) is 8.07. The van der Waals surface area contributed by atoms with Gasteiger partial charge in [0, 0.05) is 58.8 Å². The van der Waals surface area contributed by atoms with E-state index in [4.69, 9.17) is 5.26 Å². The largest absolute Gasteiger partial charge is 0.312 e. The predicted molar refractivity (Wildman–Crippen MR) is 321 cm³/mol. The third kappa shape index (κ3) is 14.3. The molecule has 86 heavy (non-hydrogen) atoms. The molecular formula is C59H51F5N22. The quantitative estimate of drug-likeness (QED) is 0.0504. The molecule has 12 rings (SSSR count). The summed E-state index contributed by atoms with van der Waals surface area (Å²) in [6, 6.07) is 35.8. The zero-order valence-corrected chi connectivity index (χ0v) is 47.0. The summed E-state index contributed by atoms with van der Waals surface area (Å²) >= 11 is 0. The summed E-state index contributed by atoms with van der Waals surface area (Å²) in [4.78, 5) is 37.3. The number of nitriles is 1. The van der Waals surface area contributed by atoms with Crippen LogP contribution in [0.1, 0.15) is 43.5 Å². The number of aryl methyl sites for hydroxylation is 4. The van der Waals surface area contributed by atoms with Crippen LogP contribution in [0.15, 0.2) is 179 Å². The molecule has 0 fully saturated rings. The molecule has 0 atom stereocenters. The van der Waals surface area contributed by atoms with Crippen molar-refractivity contribution in [2.24, 2.45) is 48.6 Å². The van der Waals surface area contributed by atoms with Crippen molar-refractivity contribution in [3.63, 3.8) is 0 Å². The van der Waals surface area contributed by atoms with Crippen LogP contribution in [-0.2, 0) is 28.2 Å². The van der Waals surface area contributed by atoms with E-state index in [9.17, 15) is 22.0 Å². The molecule has 0 saturated heterocycles. The van der Waals surface area contributed by atoms with Crippen LogP contribution in [0.25, 0.3) is 44.1 Å². The molecule has 0 aliphatic rings. The second kappa shape index (κ2) is 26.9. The van der Waals surface area contributed by atoms with E-state index >= 15 is 0 Å². The van der Waals surface area contributed by atoms with E-state index in [1.807, 2.05) is 60.5 Å². The number of hydrogen-bond acceptors (Lipinski definition) is 18. The molecule has 0 bridgehead atoms. The molecule has 8 heterocycles. The Morgan fingerprint density at radius 2 is 0.802 bits per heavy atom. The van der Waals surface area contributed by atoms with Gasteiger partial charge >= 0.3 is 0 Å². The first kappa shape index (κ1) is 58.9. The second-order valence-corrected chi connectivity index (χ2v) is 18.5. The van der Waals surface area contributed by atoms with Gasteiger partial charge in [0.2, 0.25) is 23.8 Å². The van der Waals surface area contributed by atoms with E-state index in [1.54, 1.807) is 104 Å². The van der Waals surface area contributed by atoms with Crippen LogP contribution in [0.3, 0.4) is 0 Å². The van der Waals surface area contributed by atoms with Gasteiger partial charge in [0.05, 0.1) is 90.7 Å². The Morgan fingerprint density at radius 1 is 0.407 bits per heavy atom. The minimum atomic E-state index is -0.401. The SMILES string of the molecule is C/C(=N\Nc1nc2cc(F)ccc2n1C)c1ccc(F)cn1.C/C(=N\Nc1nc2cc(F)ccc2n1C)c1ccncn1.C/C(=N\Nc1nc2ccccc2n1C)c1ccc(F)cn1.Cn1c(N/N=C(\C#N)c2ccccn2)nc2cc(F)ccc21. The number of aromatic nitrogens is 13. The zero-order valence-electron chi connectivity index (χ0n) is 47.0. The molecule has 0 saturated carbocycles. The molecule has 22 nitrogen and oxygen atoms in total. The Bertz CT molecular complexity index is 4510. The number of pyridine rings is 3. The normalized spacial score (nSPS) is 11.8. The lowest BCUT2D eigenvalue weighted by Gasteiger charge is -2.03. The van der Waals surface area contributed by atoms with Gasteiger partial charge in [0.15, 0.2) is 5.71 Å². The highest BCUT2D eigenvalue weighted by atomic mass is 19.1. The Labute approximate surface area is 486 Å². The minimum Gasteiger partial charge on any atom is -0.312 e. The number of anilines is 4. The smallest absolute Gasteiger partial charge is 0.224 e. The van der Waals surface area contributed by atoms with Gasteiger partial charge in [-0.2, -0.15) is 25.7 Å². The molecule has 12 aromatic rings. The maximum atomic E-state index is 13.2. The monoisotopic (exact) mass is 1160 g/mol. The topological polar surface area (TPSA) is 257 Å². The molecule has 4 N–H and O–H groups in total. The Hall–Kier alpha value is -11.7. The maximum absolute atomic E-state index is 13.2. The molecule has 0 aliphatic heterocycles. The van der Waals surface area contributed by atoms with Gasteiger partial charge in [-0.15, -0.1) is 0 Å². The first-order chi connectivity index (χ1) is 41.5. The predicted octanol–water partition coefficient (Wildman–Crippen LogP) is 10.8. The number of hydrazone groups is 4. The van der Waals surface area contributed by atoms with Crippen LogP contribution in [0.4, 0.5) is 45.7 Å². The molecule has 432 valence electrons. The van der Waals surface area contributed by atoms with Crippen molar-refractivity contribution in [3.8, 4) is 6.07 Å². The number of nitrogens with zero attached hydrogens (tertiary/aromatic N) is 18. The lowest BCUT2D eigenvalue weighted by atomic mass is 10.2. The van der Waals surface area contributed by atoms with Crippen molar-refractivity contribution in [2.75, 3.05) is 21.7 Å². The van der Waals surface area contributed by atoms with Crippen molar-refractivity contribution in [1.29, 1.82) is 5.26 Å². The van der Waals surface area contributed by atoms with Crippen LogP contribution in [0.2, 0.25) is 0 Å². The first-order valence-electron chi connectivity index (χ1n) is 25.9. The number of fused-ring (bicyclic) bond motifs is 4. The number of hydrogen-bond donors (Lipinski definition) is 4. The highest BCUT2D eigenvalue weighted by Gasteiger charge is 2.13. The first-order valence-corrected chi connectivity index (χ1v) is 25.9. The number of benzene rings is 4. The van der Waals surface area contributed by atoms with E-state index in [1.165, 1.54) is 61.1 Å². The number of para-hydroxylation sites is 2. The van der Waals surface area contributed by atoms with E-state index < -0.39 is 5.82 Å². The van der Waals surface area contributed by atoms with Crippen LogP contribution < -0.4 is 21.7 Å². The molecule has 8 aromatic heterocycles. The molecule has 0 amide bonds. The van der Waals surface area contributed by atoms with E-state index in [-0.39, 0.29) is 29.0 Å². The van der Waals surface area contributed by atoms with Gasteiger partial charge in [-0.1, -0.05) is 18.2 Å². The van der Waals surface area contributed by atoms with Gasteiger partial charge in [0.25, 0.3) is 0 Å². The molecule has 4 aromatic carbocycles. The highest BCUT2D eigenvalue weighted by Crippen LogP contribution is 2.23. The Kier molecular flexibility index (Phi) is 18.5. The minimum absolute atomic E-state index is 0.138. The third-order valence-corrected chi connectivity index (χ3v) is 12.7. The number of imidazole rings is 4. The van der Waals surface area contributed by atoms with Crippen molar-refractivity contribution < 1.29 is 22.0 Å². The summed E-state index contributed by atoms with van der Waals surface area (Å²) in [6.45, 7) is 5.38.